The van der Waals surface area contributed by atoms with Crippen LogP contribution in [-0.4, -0.2) is 20.7 Å². The van der Waals surface area contributed by atoms with Crippen molar-refractivity contribution in [2.75, 3.05) is 0 Å². The van der Waals surface area contributed by atoms with Gasteiger partial charge in [-0.2, -0.15) is 5.10 Å². The molecule has 0 aliphatic carbocycles. The van der Waals surface area contributed by atoms with Crippen LogP contribution in [0.3, 0.4) is 0 Å². The topological polar surface area (TPSA) is 73.0 Å². The summed E-state index contributed by atoms with van der Waals surface area (Å²) < 4.78 is 7.13. The minimum Gasteiger partial charge on any atom is -0.466 e. The molecule has 118 valence electrons. The van der Waals surface area contributed by atoms with E-state index in [0.29, 0.717) is 17.9 Å². The molecule has 0 atom stereocenters. The van der Waals surface area contributed by atoms with E-state index in [1.807, 2.05) is 26.2 Å². The van der Waals surface area contributed by atoms with Crippen molar-refractivity contribution in [3.05, 3.63) is 59.6 Å². The Morgan fingerprint density at radius 1 is 1.22 bits per heavy atom. The number of pyridine rings is 1. The summed E-state index contributed by atoms with van der Waals surface area (Å²) in [7, 11) is 1.87. The first kappa shape index (κ1) is 15.0. The maximum atomic E-state index is 12.2. The van der Waals surface area contributed by atoms with Gasteiger partial charge in [0.2, 0.25) is 0 Å². The maximum Gasteiger partial charge on any atom is 0.255 e. The van der Waals surface area contributed by atoms with Crippen LogP contribution in [-0.2, 0) is 13.6 Å². The summed E-state index contributed by atoms with van der Waals surface area (Å²) in [6.07, 6.45) is 7.24. The van der Waals surface area contributed by atoms with Crippen LogP contribution in [0.1, 0.15) is 27.4 Å². The SMILES string of the molecule is Cc1cc(C(=O)NCc2cncc(-c3cnn(C)c3)c2)c(C)o1. The van der Waals surface area contributed by atoms with E-state index in [9.17, 15) is 4.79 Å². The third-order valence-corrected chi connectivity index (χ3v) is 3.57. The highest BCUT2D eigenvalue weighted by Gasteiger charge is 2.13. The van der Waals surface area contributed by atoms with Crippen LogP contribution in [0.25, 0.3) is 11.1 Å². The first-order valence-corrected chi connectivity index (χ1v) is 7.31. The highest BCUT2D eigenvalue weighted by atomic mass is 16.3. The molecule has 3 aromatic rings. The number of furan rings is 1. The van der Waals surface area contributed by atoms with Gasteiger partial charge in [0.1, 0.15) is 11.5 Å². The molecule has 6 heteroatoms. The molecule has 23 heavy (non-hydrogen) atoms. The fraction of sp³-hybridized carbons (Fsp3) is 0.235. The number of aryl methyl sites for hydroxylation is 3. The molecule has 0 aromatic carbocycles. The van der Waals surface area contributed by atoms with Gasteiger partial charge >= 0.3 is 0 Å². The molecule has 3 heterocycles. The van der Waals surface area contributed by atoms with E-state index < -0.39 is 0 Å². The van der Waals surface area contributed by atoms with Crippen molar-refractivity contribution in [3.63, 3.8) is 0 Å². The number of nitrogens with zero attached hydrogens (tertiary/aromatic N) is 3. The zero-order valence-electron chi connectivity index (χ0n) is 13.3. The molecule has 3 rings (SSSR count). The highest BCUT2D eigenvalue weighted by molar-refractivity contribution is 5.95. The molecule has 0 fully saturated rings. The van der Waals surface area contributed by atoms with Crippen molar-refractivity contribution in [3.8, 4) is 11.1 Å². The second kappa shape index (κ2) is 6.08. The number of carbonyl (C=O) groups is 1. The minimum atomic E-state index is -0.147. The predicted octanol–water partition coefficient (Wildman–Crippen LogP) is 2.62. The molecule has 0 spiro atoms. The first-order valence-electron chi connectivity index (χ1n) is 7.31. The maximum absolute atomic E-state index is 12.2. The molecule has 0 saturated heterocycles. The lowest BCUT2D eigenvalue weighted by atomic mass is 10.1. The molecule has 1 N–H and O–H groups in total. The van der Waals surface area contributed by atoms with Gasteiger partial charge in [0, 0.05) is 43.3 Å². The summed E-state index contributed by atoms with van der Waals surface area (Å²) in [6.45, 7) is 4.02. The van der Waals surface area contributed by atoms with E-state index in [2.05, 4.69) is 15.4 Å². The number of hydrogen-bond acceptors (Lipinski definition) is 4. The molecule has 0 aliphatic rings. The van der Waals surface area contributed by atoms with Gasteiger partial charge in [0.25, 0.3) is 5.91 Å². The summed E-state index contributed by atoms with van der Waals surface area (Å²) in [5.41, 5.74) is 3.46. The molecule has 0 unspecified atom stereocenters. The smallest absolute Gasteiger partial charge is 0.255 e. The van der Waals surface area contributed by atoms with Gasteiger partial charge in [-0.05, 0) is 31.5 Å². The molecule has 0 radical (unpaired) electrons. The Hall–Kier alpha value is -2.89. The Kier molecular flexibility index (Phi) is 3.97. The van der Waals surface area contributed by atoms with Gasteiger partial charge < -0.3 is 9.73 Å². The standard InChI is InChI=1S/C17H18N4O2/c1-11-4-16(12(2)23-11)17(22)19-7-13-5-14(8-18-6-13)15-9-20-21(3)10-15/h4-6,8-10H,7H2,1-3H3,(H,19,22). The lowest BCUT2D eigenvalue weighted by molar-refractivity contribution is 0.0949. The third-order valence-electron chi connectivity index (χ3n) is 3.57. The van der Waals surface area contributed by atoms with E-state index in [4.69, 9.17) is 4.42 Å². The number of carbonyl (C=O) groups excluding carboxylic acids is 1. The molecule has 3 aromatic heterocycles. The van der Waals surface area contributed by atoms with Crippen LogP contribution in [0, 0.1) is 13.8 Å². The van der Waals surface area contributed by atoms with Crippen LogP contribution in [0.4, 0.5) is 0 Å². The summed E-state index contributed by atoms with van der Waals surface area (Å²) >= 11 is 0. The predicted molar refractivity (Wildman–Crippen MR) is 85.8 cm³/mol. The van der Waals surface area contributed by atoms with Gasteiger partial charge in [0.05, 0.1) is 11.8 Å². The van der Waals surface area contributed by atoms with E-state index in [-0.39, 0.29) is 5.91 Å². The van der Waals surface area contributed by atoms with Crippen molar-refractivity contribution in [2.45, 2.75) is 20.4 Å². The van der Waals surface area contributed by atoms with Crippen LogP contribution in [0.5, 0.6) is 0 Å². The first-order chi connectivity index (χ1) is 11.0. The van der Waals surface area contributed by atoms with Gasteiger partial charge in [-0.15, -0.1) is 0 Å². The van der Waals surface area contributed by atoms with Crippen LogP contribution in [0.2, 0.25) is 0 Å². The number of amides is 1. The summed E-state index contributed by atoms with van der Waals surface area (Å²) in [4.78, 5) is 16.4. The van der Waals surface area contributed by atoms with Crippen molar-refractivity contribution in [2.24, 2.45) is 7.05 Å². The molecule has 0 saturated carbocycles. The van der Waals surface area contributed by atoms with Crippen LogP contribution >= 0.6 is 0 Å². The highest BCUT2D eigenvalue weighted by Crippen LogP contribution is 2.18. The molecule has 6 nitrogen and oxygen atoms in total. The Bertz CT molecular complexity index is 848. The fourth-order valence-corrected chi connectivity index (χ4v) is 2.45. The molecular weight excluding hydrogens is 292 g/mol. The zero-order valence-corrected chi connectivity index (χ0v) is 13.3. The Balaban J connectivity index is 1.71. The lowest BCUT2D eigenvalue weighted by Crippen LogP contribution is -2.23. The number of rotatable bonds is 4. The van der Waals surface area contributed by atoms with Gasteiger partial charge in [-0.1, -0.05) is 0 Å². The van der Waals surface area contributed by atoms with E-state index in [1.165, 1.54) is 0 Å². The van der Waals surface area contributed by atoms with Crippen molar-refractivity contribution in [1.82, 2.24) is 20.1 Å². The Morgan fingerprint density at radius 2 is 2.04 bits per heavy atom. The van der Waals surface area contributed by atoms with E-state index in [1.54, 1.807) is 36.3 Å². The average Bonchev–Trinajstić information content (AvgIpc) is 3.10. The van der Waals surface area contributed by atoms with E-state index >= 15 is 0 Å². The minimum absolute atomic E-state index is 0.147. The number of hydrogen-bond donors (Lipinski definition) is 1. The Labute approximate surface area is 134 Å². The normalized spacial score (nSPS) is 10.7. The van der Waals surface area contributed by atoms with Gasteiger partial charge in [0.15, 0.2) is 0 Å². The zero-order chi connectivity index (χ0) is 16.4. The second-order valence-electron chi connectivity index (χ2n) is 5.49. The molecule has 1 amide bonds. The fourth-order valence-electron chi connectivity index (χ4n) is 2.45. The molecular formula is C17H18N4O2. The van der Waals surface area contributed by atoms with E-state index in [0.717, 1.165) is 22.5 Å². The third kappa shape index (κ3) is 3.31. The van der Waals surface area contributed by atoms with Gasteiger partial charge in [-0.3, -0.25) is 14.5 Å². The summed E-state index contributed by atoms with van der Waals surface area (Å²) in [6, 6.07) is 3.74. The Morgan fingerprint density at radius 3 is 2.70 bits per heavy atom. The lowest BCUT2D eigenvalue weighted by Gasteiger charge is -2.06. The largest absolute Gasteiger partial charge is 0.466 e. The van der Waals surface area contributed by atoms with Crippen molar-refractivity contribution >= 4 is 5.91 Å². The average molecular weight is 310 g/mol. The molecule has 0 aliphatic heterocycles. The monoisotopic (exact) mass is 310 g/mol. The van der Waals surface area contributed by atoms with Crippen molar-refractivity contribution in [1.29, 1.82) is 0 Å². The number of aromatic nitrogens is 3. The van der Waals surface area contributed by atoms with Crippen LogP contribution in [0.15, 0.2) is 41.3 Å². The summed E-state index contributed by atoms with van der Waals surface area (Å²) in [5.74, 6) is 1.21. The van der Waals surface area contributed by atoms with Crippen LogP contribution < -0.4 is 5.32 Å². The second-order valence-corrected chi connectivity index (χ2v) is 5.49. The number of nitrogens with one attached hydrogen (secondary N) is 1. The van der Waals surface area contributed by atoms with Gasteiger partial charge in [-0.25, -0.2) is 0 Å². The van der Waals surface area contributed by atoms with Crippen molar-refractivity contribution < 1.29 is 9.21 Å². The summed E-state index contributed by atoms with van der Waals surface area (Å²) in [5, 5.41) is 7.05. The quantitative estimate of drug-likeness (QED) is 0.804. The molecule has 0 bridgehead atoms.